The van der Waals surface area contributed by atoms with E-state index in [-0.39, 0.29) is 0 Å². The van der Waals surface area contributed by atoms with E-state index in [9.17, 15) is 0 Å². The number of benzene rings is 1. The fourth-order valence-corrected chi connectivity index (χ4v) is 2.71. The van der Waals surface area contributed by atoms with E-state index in [1.54, 1.807) is 23.1 Å². The van der Waals surface area contributed by atoms with Crippen LogP contribution in [-0.2, 0) is 13.1 Å². The number of hydrogen-bond acceptors (Lipinski definition) is 4. The molecule has 0 unspecified atom stereocenters. The van der Waals surface area contributed by atoms with Gasteiger partial charge in [-0.15, -0.1) is 23.1 Å². The molecule has 4 heteroatoms. The van der Waals surface area contributed by atoms with E-state index in [1.165, 1.54) is 15.3 Å². The van der Waals surface area contributed by atoms with Gasteiger partial charge in [-0.3, -0.25) is 0 Å². The lowest BCUT2D eigenvalue weighted by Gasteiger charge is -2.03. The number of aromatic nitrogens is 1. The van der Waals surface area contributed by atoms with E-state index in [0.717, 1.165) is 18.1 Å². The van der Waals surface area contributed by atoms with Crippen molar-refractivity contribution in [1.29, 1.82) is 0 Å². The maximum absolute atomic E-state index is 4.33. The summed E-state index contributed by atoms with van der Waals surface area (Å²) < 4.78 is 0. The molecule has 0 radical (unpaired) electrons. The van der Waals surface area contributed by atoms with Crippen molar-refractivity contribution in [2.24, 2.45) is 0 Å². The molecule has 0 saturated carbocycles. The maximum Gasteiger partial charge on any atom is 0.107 e. The molecule has 1 N–H and O–H groups in total. The SMILES string of the molecule is CSc1ccc(CNCc2ncc(C)s2)cc1. The van der Waals surface area contributed by atoms with Gasteiger partial charge in [0.15, 0.2) is 0 Å². The molecule has 2 rings (SSSR count). The normalized spacial score (nSPS) is 10.7. The molecular weight excluding hydrogens is 248 g/mol. The van der Waals surface area contributed by atoms with Crippen molar-refractivity contribution in [2.75, 3.05) is 6.26 Å². The van der Waals surface area contributed by atoms with E-state index in [0.29, 0.717) is 0 Å². The zero-order valence-corrected chi connectivity index (χ0v) is 11.7. The monoisotopic (exact) mass is 264 g/mol. The van der Waals surface area contributed by atoms with Crippen LogP contribution in [0.1, 0.15) is 15.4 Å². The minimum atomic E-state index is 0.850. The number of hydrogen-bond donors (Lipinski definition) is 1. The van der Waals surface area contributed by atoms with Crippen LogP contribution in [0, 0.1) is 6.92 Å². The first kappa shape index (κ1) is 12.6. The van der Waals surface area contributed by atoms with Crippen LogP contribution in [0.2, 0.25) is 0 Å². The summed E-state index contributed by atoms with van der Waals surface area (Å²) in [5.74, 6) is 0. The molecule has 2 aromatic rings. The van der Waals surface area contributed by atoms with Gasteiger partial charge >= 0.3 is 0 Å². The third-order valence-corrected chi connectivity index (χ3v) is 4.09. The molecule has 0 fully saturated rings. The van der Waals surface area contributed by atoms with Crippen LogP contribution in [0.3, 0.4) is 0 Å². The Morgan fingerprint density at radius 3 is 2.59 bits per heavy atom. The zero-order valence-electron chi connectivity index (χ0n) is 10.1. The Labute approximate surface area is 110 Å². The Hall–Kier alpha value is -0.840. The molecule has 0 atom stereocenters. The summed E-state index contributed by atoms with van der Waals surface area (Å²) in [6.07, 6.45) is 4.02. The second-order valence-electron chi connectivity index (χ2n) is 3.82. The van der Waals surface area contributed by atoms with Crippen LogP contribution >= 0.6 is 23.1 Å². The smallest absolute Gasteiger partial charge is 0.107 e. The highest BCUT2D eigenvalue weighted by molar-refractivity contribution is 7.98. The first-order valence-corrected chi connectivity index (χ1v) is 7.57. The average molecular weight is 264 g/mol. The van der Waals surface area contributed by atoms with Crippen molar-refractivity contribution >= 4 is 23.1 Å². The molecule has 17 heavy (non-hydrogen) atoms. The lowest BCUT2D eigenvalue weighted by atomic mass is 10.2. The van der Waals surface area contributed by atoms with Gasteiger partial charge in [0, 0.05) is 29.1 Å². The quantitative estimate of drug-likeness (QED) is 0.837. The van der Waals surface area contributed by atoms with Gasteiger partial charge in [-0.1, -0.05) is 12.1 Å². The number of aryl methyl sites for hydroxylation is 1. The van der Waals surface area contributed by atoms with Gasteiger partial charge in [0.05, 0.1) is 0 Å². The van der Waals surface area contributed by atoms with Crippen molar-refractivity contribution in [3.05, 3.63) is 45.9 Å². The Morgan fingerprint density at radius 1 is 1.24 bits per heavy atom. The third-order valence-electron chi connectivity index (χ3n) is 2.43. The molecule has 0 aliphatic heterocycles. The summed E-state index contributed by atoms with van der Waals surface area (Å²) in [6, 6.07) is 8.67. The molecule has 0 amide bonds. The molecule has 0 saturated heterocycles. The summed E-state index contributed by atoms with van der Waals surface area (Å²) in [6.45, 7) is 3.83. The second kappa shape index (κ2) is 6.19. The van der Waals surface area contributed by atoms with Crippen LogP contribution in [0.5, 0.6) is 0 Å². The maximum atomic E-state index is 4.33. The number of rotatable bonds is 5. The zero-order chi connectivity index (χ0) is 12.1. The van der Waals surface area contributed by atoms with Gasteiger partial charge in [0.2, 0.25) is 0 Å². The second-order valence-corrected chi connectivity index (χ2v) is 6.02. The number of nitrogens with zero attached hydrogens (tertiary/aromatic N) is 1. The van der Waals surface area contributed by atoms with E-state index < -0.39 is 0 Å². The number of thioether (sulfide) groups is 1. The van der Waals surface area contributed by atoms with Crippen molar-refractivity contribution in [2.45, 2.75) is 24.9 Å². The average Bonchev–Trinajstić information content (AvgIpc) is 2.76. The topological polar surface area (TPSA) is 24.9 Å². The van der Waals surface area contributed by atoms with Gasteiger partial charge in [-0.05, 0) is 30.9 Å². The van der Waals surface area contributed by atoms with Crippen LogP contribution in [-0.4, -0.2) is 11.2 Å². The van der Waals surface area contributed by atoms with Crippen molar-refractivity contribution in [3.8, 4) is 0 Å². The van der Waals surface area contributed by atoms with Gasteiger partial charge in [-0.25, -0.2) is 4.98 Å². The molecular formula is C13H16N2S2. The first-order valence-electron chi connectivity index (χ1n) is 5.53. The van der Waals surface area contributed by atoms with Gasteiger partial charge in [0.1, 0.15) is 5.01 Å². The lowest BCUT2D eigenvalue weighted by Crippen LogP contribution is -2.12. The van der Waals surface area contributed by atoms with Crippen LogP contribution in [0.25, 0.3) is 0 Å². The van der Waals surface area contributed by atoms with Crippen molar-refractivity contribution < 1.29 is 0 Å². The summed E-state index contributed by atoms with van der Waals surface area (Å²) in [5, 5.41) is 4.57. The van der Waals surface area contributed by atoms with E-state index >= 15 is 0 Å². The molecule has 0 aliphatic carbocycles. The summed E-state index contributed by atoms with van der Waals surface area (Å²) in [5.41, 5.74) is 1.32. The Kier molecular flexibility index (Phi) is 4.59. The van der Waals surface area contributed by atoms with Crippen LogP contribution in [0.4, 0.5) is 0 Å². The third kappa shape index (κ3) is 3.84. The van der Waals surface area contributed by atoms with Crippen molar-refractivity contribution in [1.82, 2.24) is 10.3 Å². The highest BCUT2D eigenvalue weighted by Gasteiger charge is 1.98. The van der Waals surface area contributed by atoms with Crippen LogP contribution in [0.15, 0.2) is 35.4 Å². The summed E-state index contributed by atoms with van der Waals surface area (Å²) in [4.78, 5) is 6.91. The highest BCUT2D eigenvalue weighted by atomic mass is 32.2. The minimum absolute atomic E-state index is 0.850. The largest absolute Gasteiger partial charge is 0.306 e. The molecule has 1 heterocycles. The molecule has 1 aromatic carbocycles. The molecule has 0 spiro atoms. The summed E-state index contributed by atoms with van der Waals surface area (Å²) in [7, 11) is 0. The predicted molar refractivity (Wildman–Crippen MR) is 75.6 cm³/mol. The standard InChI is InChI=1S/C13H16N2S2/c1-10-7-15-13(17-10)9-14-8-11-3-5-12(16-2)6-4-11/h3-7,14H,8-9H2,1-2H3. The Bertz CT molecular complexity index is 463. The lowest BCUT2D eigenvalue weighted by molar-refractivity contribution is 0.689. The molecule has 0 bridgehead atoms. The van der Waals surface area contributed by atoms with Gasteiger partial charge < -0.3 is 5.32 Å². The van der Waals surface area contributed by atoms with E-state index in [1.807, 2.05) is 6.20 Å². The highest BCUT2D eigenvalue weighted by Crippen LogP contribution is 2.15. The Morgan fingerprint density at radius 2 is 2.00 bits per heavy atom. The Balaban J connectivity index is 1.81. The van der Waals surface area contributed by atoms with Crippen LogP contribution < -0.4 is 5.32 Å². The molecule has 1 aromatic heterocycles. The fourth-order valence-electron chi connectivity index (χ4n) is 1.54. The van der Waals surface area contributed by atoms with Gasteiger partial charge in [0.25, 0.3) is 0 Å². The fraction of sp³-hybridized carbons (Fsp3) is 0.308. The first-order chi connectivity index (χ1) is 8.28. The van der Waals surface area contributed by atoms with Crippen molar-refractivity contribution in [3.63, 3.8) is 0 Å². The summed E-state index contributed by atoms with van der Waals surface area (Å²) >= 11 is 3.52. The molecule has 2 nitrogen and oxygen atoms in total. The number of thiazole rings is 1. The van der Waals surface area contributed by atoms with E-state index in [2.05, 4.69) is 47.7 Å². The van der Waals surface area contributed by atoms with E-state index in [4.69, 9.17) is 0 Å². The molecule has 90 valence electrons. The predicted octanol–water partition coefficient (Wildman–Crippen LogP) is 3.46. The van der Waals surface area contributed by atoms with Gasteiger partial charge in [-0.2, -0.15) is 0 Å². The molecule has 0 aliphatic rings. The number of nitrogens with one attached hydrogen (secondary N) is 1. The minimum Gasteiger partial charge on any atom is -0.306 e.